The van der Waals surface area contributed by atoms with Crippen molar-refractivity contribution >= 4 is 5.82 Å². The summed E-state index contributed by atoms with van der Waals surface area (Å²) in [5, 5.41) is 0. The van der Waals surface area contributed by atoms with E-state index in [0.717, 1.165) is 5.82 Å². The number of rotatable bonds is 2. The number of hydrazine groups is 1. The Balaban J connectivity index is 2.13. The minimum atomic E-state index is 0.539. The molecule has 0 atom stereocenters. The molecule has 1 saturated carbocycles. The van der Waals surface area contributed by atoms with Gasteiger partial charge in [-0.3, -0.25) is 0 Å². The van der Waals surface area contributed by atoms with E-state index in [-0.39, 0.29) is 0 Å². The first-order valence-electron chi connectivity index (χ1n) is 5.19. The van der Waals surface area contributed by atoms with Crippen molar-refractivity contribution in [3.8, 4) is 0 Å². The first-order chi connectivity index (χ1) is 6.90. The van der Waals surface area contributed by atoms with Crippen LogP contribution in [0.5, 0.6) is 0 Å². The molecule has 1 aromatic heterocycles. The second kappa shape index (κ2) is 4.37. The number of nitrogens with two attached hydrogens (primary N) is 1. The third kappa shape index (κ3) is 2.01. The standard InChI is InChI=1S/C10H16N4/c11-14-9-6-7-12-10(13-9)8-4-2-1-3-5-8/h6-8H,1-5,11H2,(H,12,13,14). The van der Waals surface area contributed by atoms with E-state index in [1.165, 1.54) is 32.1 Å². The third-order valence-electron chi connectivity index (χ3n) is 2.79. The number of nitrogens with zero attached hydrogens (tertiary/aromatic N) is 2. The molecule has 0 spiro atoms. The molecule has 0 radical (unpaired) electrons. The Labute approximate surface area is 83.9 Å². The highest BCUT2D eigenvalue weighted by Gasteiger charge is 2.17. The van der Waals surface area contributed by atoms with Crippen molar-refractivity contribution in [2.24, 2.45) is 5.84 Å². The number of hydrogen-bond acceptors (Lipinski definition) is 4. The second-order valence-corrected chi connectivity index (χ2v) is 3.78. The van der Waals surface area contributed by atoms with Gasteiger partial charge in [-0.25, -0.2) is 15.8 Å². The summed E-state index contributed by atoms with van der Waals surface area (Å²) in [5.74, 6) is 7.50. The summed E-state index contributed by atoms with van der Waals surface area (Å²) in [4.78, 5) is 8.67. The molecule has 14 heavy (non-hydrogen) atoms. The zero-order valence-electron chi connectivity index (χ0n) is 8.24. The predicted molar refractivity (Wildman–Crippen MR) is 55.7 cm³/mol. The molecule has 3 N–H and O–H groups in total. The quantitative estimate of drug-likeness (QED) is 0.554. The summed E-state index contributed by atoms with van der Waals surface area (Å²) >= 11 is 0. The van der Waals surface area contributed by atoms with Crippen LogP contribution in [0.2, 0.25) is 0 Å². The molecule has 4 heteroatoms. The Morgan fingerprint density at radius 2 is 2.07 bits per heavy atom. The van der Waals surface area contributed by atoms with Crippen LogP contribution in [0.25, 0.3) is 0 Å². The lowest BCUT2D eigenvalue weighted by molar-refractivity contribution is 0.429. The van der Waals surface area contributed by atoms with Gasteiger partial charge in [-0.05, 0) is 12.8 Å². The van der Waals surface area contributed by atoms with Crippen LogP contribution in [0.1, 0.15) is 43.8 Å². The van der Waals surface area contributed by atoms with E-state index in [2.05, 4.69) is 15.4 Å². The van der Waals surface area contributed by atoms with Gasteiger partial charge in [0.05, 0.1) is 0 Å². The Bertz CT molecular complexity index is 294. The van der Waals surface area contributed by atoms with Crippen molar-refractivity contribution in [3.63, 3.8) is 0 Å². The van der Waals surface area contributed by atoms with E-state index in [9.17, 15) is 0 Å². The molecule has 0 aromatic carbocycles. The summed E-state index contributed by atoms with van der Waals surface area (Å²) < 4.78 is 0. The number of hydrogen-bond donors (Lipinski definition) is 2. The molecule has 4 nitrogen and oxygen atoms in total. The van der Waals surface area contributed by atoms with E-state index in [1.807, 2.05) is 0 Å². The molecule has 0 amide bonds. The first kappa shape index (κ1) is 9.40. The average Bonchev–Trinajstić information content (AvgIpc) is 2.30. The van der Waals surface area contributed by atoms with Crippen molar-refractivity contribution in [2.75, 3.05) is 5.43 Å². The van der Waals surface area contributed by atoms with Crippen molar-refractivity contribution < 1.29 is 0 Å². The van der Waals surface area contributed by atoms with Crippen molar-refractivity contribution in [1.29, 1.82) is 0 Å². The van der Waals surface area contributed by atoms with Gasteiger partial charge in [0.25, 0.3) is 0 Å². The lowest BCUT2D eigenvalue weighted by Crippen LogP contribution is -2.13. The smallest absolute Gasteiger partial charge is 0.143 e. The highest BCUT2D eigenvalue weighted by atomic mass is 15.3. The van der Waals surface area contributed by atoms with E-state index >= 15 is 0 Å². The van der Waals surface area contributed by atoms with Crippen LogP contribution in [0.4, 0.5) is 5.82 Å². The molecule has 76 valence electrons. The molecule has 1 aromatic rings. The highest BCUT2D eigenvalue weighted by molar-refractivity contribution is 5.31. The fraction of sp³-hybridized carbons (Fsp3) is 0.600. The van der Waals surface area contributed by atoms with Crippen LogP contribution < -0.4 is 11.3 Å². The number of nitrogen functional groups attached to an aromatic ring is 1. The highest BCUT2D eigenvalue weighted by Crippen LogP contribution is 2.30. The van der Waals surface area contributed by atoms with Crippen LogP contribution in [0, 0.1) is 0 Å². The van der Waals surface area contributed by atoms with Crippen molar-refractivity contribution in [1.82, 2.24) is 9.97 Å². The van der Waals surface area contributed by atoms with Crippen LogP contribution in [0.15, 0.2) is 12.3 Å². The van der Waals surface area contributed by atoms with Gasteiger partial charge in [0.2, 0.25) is 0 Å². The Morgan fingerprint density at radius 3 is 2.79 bits per heavy atom. The van der Waals surface area contributed by atoms with E-state index < -0.39 is 0 Å². The summed E-state index contributed by atoms with van der Waals surface area (Å²) in [7, 11) is 0. The zero-order valence-corrected chi connectivity index (χ0v) is 8.24. The van der Waals surface area contributed by atoms with Crippen molar-refractivity contribution in [2.45, 2.75) is 38.0 Å². The molecule has 0 bridgehead atoms. The molecule has 1 aliphatic carbocycles. The molecule has 1 aliphatic rings. The third-order valence-corrected chi connectivity index (χ3v) is 2.79. The van der Waals surface area contributed by atoms with Gasteiger partial charge in [-0.2, -0.15) is 0 Å². The first-order valence-corrected chi connectivity index (χ1v) is 5.19. The SMILES string of the molecule is NNc1ccnc(C2CCCCC2)n1. The molecule has 1 fully saturated rings. The number of nitrogens with one attached hydrogen (secondary N) is 1. The molecular weight excluding hydrogens is 176 g/mol. The summed E-state index contributed by atoms with van der Waals surface area (Å²) in [5.41, 5.74) is 2.56. The second-order valence-electron chi connectivity index (χ2n) is 3.78. The Morgan fingerprint density at radius 1 is 1.29 bits per heavy atom. The van der Waals surface area contributed by atoms with E-state index in [1.54, 1.807) is 12.3 Å². The van der Waals surface area contributed by atoms with E-state index in [4.69, 9.17) is 5.84 Å². The summed E-state index contributed by atoms with van der Waals surface area (Å²) in [6.07, 6.45) is 8.15. The van der Waals surface area contributed by atoms with Crippen LogP contribution in [-0.2, 0) is 0 Å². The maximum atomic E-state index is 5.31. The lowest BCUT2D eigenvalue weighted by atomic mass is 9.89. The monoisotopic (exact) mass is 192 g/mol. The largest absolute Gasteiger partial charge is 0.308 e. The fourth-order valence-electron chi connectivity index (χ4n) is 2.01. The average molecular weight is 192 g/mol. The zero-order chi connectivity index (χ0) is 9.80. The minimum Gasteiger partial charge on any atom is -0.308 e. The molecular formula is C10H16N4. The van der Waals surface area contributed by atoms with E-state index in [0.29, 0.717) is 11.7 Å². The molecule has 1 heterocycles. The van der Waals surface area contributed by atoms with Gasteiger partial charge in [0.1, 0.15) is 11.6 Å². The number of anilines is 1. The van der Waals surface area contributed by atoms with Gasteiger partial charge >= 0.3 is 0 Å². The van der Waals surface area contributed by atoms with Crippen LogP contribution in [0.3, 0.4) is 0 Å². The maximum Gasteiger partial charge on any atom is 0.143 e. The van der Waals surface area contributed by atoms with Gasteiger partial charge in [-0.15, -0.1) is 0 Å². The Hall–Kier alpha value is -1.16. The number of aromatic nitrogens is 2. The predicted octanol–water partition coefficient (Wildman–Crippen LogP) is 1.81. The molecule has 2 rings (SSSR count). The normalized spacial score (nSPS) is 18.1. The van der Waals surface area contributed by atoms with Gasteiger partial charge in [-0.1, -0.05) is 19.3 Å². The Kier molecular flexibility index (Phi) is 2.93. The summed E-state index contributed by atoms with van der Waals surface area (Å²) in [6, 6.07) is 1.78. The molecule has 0 unspecified atom stereocenters. The van der Waals surface area contributed by atoms with Crippen molar-refractivity contribution in [3.05, 3.63) is 18.1 Å². The molecule has 0 aliphatic heterocycles. The minimum absolute atomic E-state index is 0.539. The van der Waals surface area contributed by atoms with Crippen LogP contribution >= 0.6 is 0 Å². The summed E-state index contributed by atoms with van der Waals surface area (Å²) in [6.45, 7) is 0. The van der Waals surface area contributed by atoms with Gasteiger partial charge < -0.3 is 5.43 Å². The van der Waals surface area contributed by atoms with Gasteiger partial charge in [0.15, 0.2) is 0 Å². The fourth-order valence-corrected chi connectivity index (χ4v) is 2.01. The topological polar surface area (TPSA) is 63.8 Å². The van der Waals surface area contributed by atoms with Crippen LogP contribution in [-0.4, -0.2) is 9.97 Å². The van der Waals surface area contributed by atoms with Gasteiger partial charge in [0, 0.05) is 18.2 Å². The lowest BCUT2D eigenvalue weighted by Gasteiger charge is -2.20. The molecule has 0 saturated heterocycles. The maximum absolute atomic E-state index is 5.31.